The number of aromatic nitrogens is 4. The van der Waals surface area contributed by atoms with Gasteiger partial charge in [0.25, 0.3) is 0 Å². The molecule has 1 aliphatic carbocycles. The summed E-state index contributed by atoms with van der Waals surface area (Å²) in [5.74, 6) is -0.0237. The molecule has 1 saturated carbocycles. The summed E-state index contributed by atoms with van der Waals surface area (Å²) in [4.78, 5) is 19.6. The normalized spacial score (nSPS) is 20.9. The van der Waals surface area contributed by atoms with E-state index in [1.807, 2.05) is 36.6 Å². The molecule has 0 bridgehead atoms. The molecular formula is C17H24N6O. The highest BCUT2D eigenvalue weighted by Gasteiger charge is 2.36. The van der Waals surface area contributed by atoms with Gasteiger partial charge in [-0.2, -0.15) is 5.10 Å². The Bertz CT molecular complexity index is 772. The summed E-state index contributed by atoms with van der Waals surface area (Å²) in [7, 11) is 3.94. The number of carbonyl (C=O) groups excluding carboxylic acids is 1. The summed E-state index contributed by atoms with van der Waals surface area (Å²) < 4.78 is 3.92. The van der Waals surface area contributed by atoms with Crippen LogP contribution in [0, 0.1) is 6.92 Å². The Morgan fingerprint density at radius 1 is 1.38 bits per heavy atom. The Kier molecular flexibility index (Phi) is 3.68. The van der Waals surface area contributed by atoms with E-state index in [0.717, 1.165) is 55.3 Å². The molecule has 0 aromatic carbocycles. The molecule has 7 nitrogen and oxygen atoms in total. The highest BCUT2D eigenvalue weighted by Crippen LogP contribution is 2.30. The summed E-state index contributed by atoms with van der Waals surface area (Å²) in [5, 5.41) is 7.57. The van der Waals surface area contributed by atoms with Crippen molar-refractivity contribution in [1.82, 2.24) is 29.5 Å². The van der Waals surface area contributed by atoms with Crippen molar-refractivity contribution in [3.8, 4) is 0 Å². The zero-order chi connectivity index (χ0) is 16.8. The van der Waals surface area contributed by atoms with Gasteiger partial charge in [-0.25, -0.2) is 4.98 Å². The summed E-state index contributed by atoms with van der Waals surface area (Å²) in [6.45, 7) is 4.27. The van der Waals surface area contributed by atoms with Crippen LogP contribution in [0.4, 0.5) is 0 Å². The fourth-order valence-electron chi connectivity index (χ4n) is 3.58. The van der Waals surface area contributed by atoms with Crippen LogP contribution in [0.2, 0.25) is 0 Å². The number of carbonyl (C=O) groups is 1. The van der Waals surface area contributed by atoms with Gasteiger partial charge in [0.1, 0.15) is 0 Å². The van der Waals surface area contributed by atoms with Gasteiger partial charge < -0.3 is 9.88 Å². The molecule has 1 fully saturated rings. The average Bonchev–Trinajstić information content (AvgIpc) is 3.19. The minimum atomic E-state index is -0.156. The van der Waals surface area contributed by atoms with Crippen molar-refractivity contribution in [2.45, 2.75) is 44.8 Å². The molecule has 7 heteroatoms. The molecule has 1 atom stereocenters. The molecule has 1 aliphatic heterocycles. The Hall–Kier alpha value is -2.15. The van der Waals surface area contributed by atoms with Crippen molar-refractivity contribution < 1.29 is 4.79 Å². The second kappa shape index (κ2) is 5.73. The first kappa shape index (κ1) is 15.4. The van der Waals surface area contributed by atoms with E-state index in [9.17, 15) is 4.79 Å². The molecule has 2 aromatic heterocycles. The summed E-state index contributed by atoms with van der Waals surface area (Å²) >= 11 is 0. The first-order valence-electron chi connectivity index (χ1n) is 8.53. The van der Waals surface area contributed by atoms with Crippen LogP contribution in [0.1, 0.15) is 41.5 Å². The van der Waals surface area contributed by atoms with Crippen LogP contribution < -0.4 is 5.32 Å². The number of imidazole rings is 1. The van der Waals surface area contributed by atoms with Crippen LogP contribution in [0.25, 0.3) is 0 Å². The molecule has 128 valence electrons. The predicted octanol–water partition coefficient (Wildman–Crippen LogP) is 0.840. The number of amides is 1. The van der Waals surface area contributed by atoms with Gasteiger partial charge in [-0.3, -0.25) is 14.4 Å². The van der Waals surface area contributed by atoms with E-state index in [2.05, 4.69) is 26.4 Å². The van der Waals surface area contributed by atoms with Crippen molar-refractivity contribution in [2.75, 3.05) is 6.54 Å². The minimum Gasteiger partial charge on any atom is -0.353 e. The molecule has 1 N–H and O–H groups in total. The monoisotopic (exact) mass is 328 g/mol. The van der Waals surface area contributed by atoms with Crippen molar-refractivity contribution >= 4 is 5.91 Å². The van der Waals surface area contributed by atoms with Crippen LogP contribution in [0.3, 0.4) is 0 Å². The highest BCUT2D eigenvalue weighted by molar-refractivity contribution is 5.84. The molecule has 0 unspecified atom stereocenters. The van der Waals surface area contributed by atoms with E-state index in [-0.39, 0.29) is 11.8 Å². The fourth-order valence-corrected chi connectivity index (χ4v) is 3.58. The number of nitrogens with one attached hydrogen (secondary N) is 1. The average molecular weight is 328 g/mol. The molecule has 1 amide bonds. The number of aryl methyl sites for hydroxylation is 3. The minimum absolute atomic E-state index is 0.133. The maximum absolute atomic E-state index is 12.7. The molecule has 2 aliphatic rings. The molecule has 3 heterocycles. The van der Waals surface area contributed by atoms with Gasteiger partial charge >= 0.3 is 0 Å². The molecule has 0 spiro atoms. The Morgan fingerprint density at radius 3 is 2.83 bits per heavy atom. The van der Waals surface area contributed by atoms with Crippen molar-refractivity contribution in [2.24, 2.45) is 14.1 Å². The van der Waals surface area contributed by atoms with Gasteiger partial charge in [0.05, 0.1) is 35.0 Å². The summed E-state index contributed by atoms with van der Waals surface area (Å²) in [6, 6.07) is 2.48. The first-order chi connectivity index (χ1) is 11.5. The lowest BCUT2D eigenvalue weighted by Crippen LogP contribution is -2.42. The molecule has 0 radical (unpaired) electrons. The lowest BCUT2D eigenvalue weighted by molar-refractivity contribution is -0.123. The van der Waals surface area contributed by atoms with E-state index >= 15 is 0 Å². The van der Waals surface area contributed by atoms with Crippen LogP contribution in [0.15, 0.2) is 12.4 Å². The summed E-state index contributed by atoms with van der Waals surface area (Å²) in [6.07, 6.45) is 4.03. The van der Waals surface area contributed by atoms with Gasteiger partial charge in [0, 0.05) is 39.8 Å². The van der Waals surface area contributed by atoms with Gasteiger partial charge in [0.15, 0.2) is 0 Å². The summed E-state index contributed by atoms with van der Waals surface area (Å²) in [5.41, 5.74) is 4.25. The van der Waals surface area contributed by atoms with Gasteiger partial charge in [0.2, 0.25) is 5.91 Å². The SMILES string of the molecule is Cc1cc(CN2Cc3ncn(C)c3[C@H](C(=O)NC3CC3)C2)n(C)n1. The quantitative estimate of drug-likeness (QED) is 0.903. The number of rotatable bonds is 4. The molecule has 2 aromatic rings. The largest absolute Gasteiger partial charge is 0.353 e. The van der Waals surface area contributed by atoms with E-state index < -0.39 is 0 Å². The molecular weight excluding hydrogens is 304 g/mol. The maximum Gasteiger partial charge on any atom is 0.230 e. The Balaban J connectivity index is 1.57. The first-order valence-corrected chi connectivity index (χ1v) is 8.53. The van der Waals surface area contributed by atoms with Crippen molar-refractivity contribution in [1.29, 1.82) is 0 Å². The second-order valence-corrected chi connectivity index (χ2v) is 7.09. The van der Waals surface area contributed by atoms with Crippen LogP contribution >= 0.6 is 0 Å². The third kappa shape index (κ3) is 2.84. The second-order valence-electron chi connectivity index (χ2n) is 7.09. The molecule has 0 saturated heterocycles. The lowest BCUT2D eigenvalue weighted by Gasteiger charge is -2.32. The zero-order valence-electron chi connectivity index (χ0n) is 14.5. The van der Waals surface area contributed by atoms with Crippen LogP contribution in [-0.4, -0.2) is 42.7 Å². The smallest absolute Gasteiger partial charge is 0.230 e. The highest BCUT2D eigenvalue weighted by atomic mass is 16.2. The number of nitrogens with zero attached hydrogens (tertiary/aromatic N) is 5. The van der Waals surface area contributed by atoms with Gasteiger partial charge in [-0.15, -0.1) is 0 Å². The Labute approximate surface area is 141 Å². The van der Waals surface area contributed by atoms with Crippen LogP contribution in [0.5, 0.6) is 0 Å². The fraction of sp³-hybridized carbons (Fsp3) is 0.588. The Morgan fingerprint density at radius 2 is 2.17 bits per heavy atom. The number of hydrogen-bond donors (Lipinski definition) is 1. The zero-order valence-corrected chi connectivity index (χ0v) is 14.5. The van der Waals surface area contributed by atoms with Crippen molar-refractivity contribution in [3.05, 3.63) is 35.2 Å². The number of fused-ring (bicyclic) bond motifs is 1. The van der Waals surface area contributed by atoms with Crippen molar-refractivity contribution in [3.63, 3.8) is 0 Å². The lowest BCUT2D eigenvalue weighted by atomic mass is 9.97. The molecule has 4 rings (SSSR count). The standard InChI is InChI=1S/C17H24N6O/c1-11-6-13(22(3)20-11)7-23-8-14(17(24)19-12-4-5-12)16-15(9-23)18-10-21(16)2/h6,10,12,14H,4-5,7-9H2,1-3H3,(H,19,24)/t14-/m1/s1. The van der Waals surface area contributed by atoms with Gasteiger partial charge in [-0.05, 0) is 25.8 Å². The maximum atomic E-state index is 12.7. The predicted molar refractivity (Wildman–Crippen MR) is 89.2 cm³/mol. The van der Waals surface area contributed by atoms with E-state index in [4.69, 9.17) is 0 Å². The van der Waals surface area contributed by atoms with Crippen LogP contribution in [-0.2, 0) is 32.0 Å². The van der Waals surface area contributed by atoms with E-state index in [1.54, 1.807) is 0 Å². The van der Waals surface area contributed by atoms with Gasteiger partial charge in [-0.1, -0.05) is 0 Å². The number of hydrogen-bond acceptors (Lipinski definition) is 4. The third-order valence-corrected chi connectivity index (χ3v) is 4.93. The third-order valence-electron chi connectivity index (χ3n) is 4.93. The van der Waals surface area contributed by atoms with E-state index in [0.29, 0.717) is 6.04 Å². The molecule has 24 heavy (non-hydrogen) atoms. The van der Waals surface area contributed by atoms with E-state index in [1.165, 1.54) is 0 Å². The topological polar surface area (TPSA) is 68.0 Å².